The number of aromatic hydroxyl groups is 3. The Morgan fingerprint density at radius 1 is 0.824 bits per heavy atom. The SMILES string of the molecule is Cc1cccc(-c2cc(C)c(O)c(O)c2O)c1. The zero-order valence-electron chi connectivity index (χ0n) is 9.73. The Morgan fingerprint density at radius 2 is 1.53 bits per heavy atom. The summed E-state index contributed by atoms with van der Waals surface area (Å²) in [7, 11) is 0. The third-order valence-electron chi connectivity index (χ3n) is 2.77. The van der Waals surface area contributed by atoms with Gasteiger partial charge in [0, 0.05) is 5.56 Å². The maximum atomic E-state index is 9.84. The van der Waals surface area contributed by atoms with Crippen molar-refractivity contribution in [2.75, 3.05) is 0 Å². The van der Waals surface area contributed by atoms with E-state index in [1.165, 1.54) is 0 Å². The van der Waals surface area contributed by atoms with Crippen LogP contribution in [0.2, 0.25) is 0 Å². The molecule has 3 N–H and O–H groups in total. The molecular formula is C14H14O3. The van der Waals surface area contributed by atoms with Crippen molar-refractivity contribution in [3.8, 4) is 28.4 Å². The molecule has 0 spiro atoms. The number of rotatable bonds is 1. The summed E-state index contributed by atoms with van der Waals surface area (Å²) >= 11 is 0. The van der Waals surface area contributed by atoms with Crippen molar-refractivity contribution in [2.24, 2.45) is 0 Å². The quantitative estimate of drug-likeness (QED) is 0.660. The third kappa shape index (κ3) is 1.91. The van der Waals surface area contributed by atoms with E-state index in [2.05, 4.69) is 0 Å². The van der Waals surface area contributed by atoms with Gasteiger partial charge in [-0.1, -0.05) is 29.8 Å². The molecular weight excluding hydrogens is 216 g/mol. The minimum atomic E-state index is -0.471. The zero-order chi connectivity index (χ0) is 12.6. The van der Waals surface area contributed by atoms with Crippen molar-refractivity contribution in [3.05, 3.63) is 41.5 Å². The minimum absolute atomic E-state index is 0.279. The van der Waals surface area contributed by atoms with E-state index in [0.29, 0.717) is 11.1 Å². The van der Waals surface area contributed by atoms with E-state index in [4.69, 9.17) is 0 Å². The molecule has 0 radical (unpaired) electrons. The Hall–Kier alpha value is -2.16. The van der Waals surface area contributed by atoms with Crippen LogP contribution in [0.25, 0.3) is 11.1 Å². The fourth-order valence-corrected chi connectivity index (χ4v) is 1.81. The standard InChI is InChI=1S/C14H14O3/c1-8-4-3-5-10(6-8)11-7-9(2)12(15)14(17)13(11)16/h3-7,15-17H,1-2H3. The Labute approximate surface area is 99.6 Å². The van der Waals surface area contributed by atoms with Gasteiger partial charge in [0.1, 0.15) is 0 Å². The van der Waals surface area contributed by atoms with E-state index in [0.717, 1.165) is 11.1 Å². The Morgan fingerprint density at radius 3 is 2.18 bits per heavy atom. The maximum absolute atomic E-state index is 9.84. The molecule has 0 bridgehead atoms. The number of phenols is 3. The van der Waals surface area contributed by atoms with Crippen LogP contribution in [0.3, 0.4) is 0 Å². The second-order valence-corrected chi connectivity index (χ2v) is 4.16. The van der Waals surface area contributed by atoms with Gasteiger partial charge in [0.15, 0.2) is 11.5 Å². The number of benzene rings is 2. The molecule has 2 aromatic carbocycles. The predicted octanol–water partition coefficient (Wildman–Crippen LogP) is 3.09. The highest BCUT2D eigenvalue weighted by molar-refractivity contribution is 5.77. The molecule has 0 heterocycles. The Balaban J connectivity index is 2.68. The highest BCUT2D eigenvalue weighted by Crippen LogP contribution is 2.44. The summed E-state index contributed by atoms with van der Waals surface area (Å²) in [6.45, 7) is 3.63. The van der Waals surface area contributed by atoms with Crippen LogP contribution in [0.15, 0.2) is 30.3 Å². The molecule has 0 aliphatic heterocycles. The summed E-state index contributed by atoms with van der Waals surface area (Å²) < 4.78 is 0. The van der Waals surface area contributed by atoms with Crippen LogP contribution >= 0.6 is 0 Å². The second-order valence-electron chi connectivity index (χ2n) is 4.16. The smallest absolute Gasteiger partial charge is 0.201 e. The Kier molecular flexibility index (Phi) is 2.68. The predicted molar refractivity (Wildman–Crippen MR) is 66.3 cm³/mol. The number of hydrogen-bond donors (Lipinski definition) is 3. The largest absolute Gasteiger partial charge is 0.504 e. The van der Waals surface area contributed by atoms with Crippen LogP contribution < -0.4 is 0 Å². The molecule has 17 heavy (non-hydrogen) atoms. The van der Waals surface area contributed by atoms with Crippen molar-refractivity contribution >= 4 is 0 Å². The van der Waals surface area contributed by atoms with Crippen LogP contribution in [-0.4, -0.2) is 15.3 Å². The average molecular weight is 230 g/mol. The molecule has 0 amide bonds. The Bertz CT molecular complexity index is 574. The zero-order valence-corrected chi connectivity index (χ0v) is 9.73. The van der Waals surface area contributed by atoms with Gasteiger partial charge in [-0.25, -0.2) is 0 Å². The van der Waals surface area contributed by atoms with E-state index in [-0.39, 0.29) is 11.5 Å². The van der Waals surface area contributed by atoms with E-state index in [9.17, 15) is 15.3 Å². The molecule has 3 nitrogen and oxygen atoms in total. The molecule has 0 saturated carbocycles. The van der Waals surface area contributed by atoms with Gasteiger partial charge >= 0.3 is 0 Å². The molecule has 0 aliphatic rings. The first-order chi connectivity index (χ1) is 8.00. The molecule has 2 aromatic rings. The summed E-state index contributed by atoms with van der Waals surface area (Å²) in [6, 6.07) is 9.24. The van der Waals surface area contributed by atoms with Crippen LogP contribution in [-0.2, 0) is 0 Å². The van der Waals surface area contributed by atoms with Gasteiger partial charge in [-0.05, 0) is 31.0 Å². The lowest BCUT2D eigenvalue weighted by atomic mass is 9.99. The molecule has 0 saturated heterocycles. The van der Waals surface area contributed by atoms with Crippen molar-refractivity contribution < 1.29 is 15.3 Å². The monoisotopic (exact) mass is 230 g/mol. The maximum Gasteiger partial charge on any atom is 0.201 e. The van der Waals surface area contributed by atoms with Gasteiger partial charge in [-0.15, -0.1) is 0 Å². The van der Waals surface area contributed by atoms with Gasteiger partial charge in [-0.2, -0.15) is 0 Å². The van der Waals surface area contributed by atoms with Crippen molar-refractivity contribution in [1.29, 1.82) is 0 Å². The molecule has 3 heteroatoms. The lowest BCUT2D eigenvalue weighted by Crippen LogP contribution is -1.85. The van der Waals surface area contributed by atoms with Crippen LogP contribution in [0, 0.1) is 13.8 Å². The first kappa shape index (κ1) is 11.3. The van der Waals surface area contributed by atoms with E-state index in [1.807, 2.05) is 31.2 Å². The van der Waals surface area contributed by atoms with Crippen LogP contribution in [0.4, 0.5) is 0 Å². The third-order valence-corrected chi connectivity index (χ3v) is 2.77. The van der Waals surface area contributed by atoms with Crippen LogP contribution in [0.1, 0.15) is 11.1 Å². The molecule has 0 aliphatic carbocycles. The van der Waals surface area contributed by atoms with Crippen molar-refractivity contribution in [3.63, 3.8) is 0 Å². The topological polar surface area (TPSA) is 60.7 Å². The average Bonchev–Trinajstić information content (AvgIpc) is 2.31. The first-order valence-electron chi connectivity index (χ1n) is 5.32. The van der Waals surface area contributed by atoms with Gasteiger partial charge in [-0.3, -0.25) is 0 Å². The van der Waals surface area contributed by atoms with E-state index in [1.54, 1.807) is 13.0 Å². The van der Waals surface area contributed by atoms with Gasteiger partial charge in [0.25, 0.3) is 0 Å². The highest BCUT2D eigenvalue weighted by atomic mass is 16.3. The van der Waals surface area contributed by atoms with Crippen LogP contribution in [0.5, 0.6) is 17.2 Å². The highest BCUT2D eigenvalue weighted by Gasteiger charge is 2.15. The molecule has 0 unspecified atom stereocenters. The lowest BCUT2D eigenvalue weighted by Gasteiger charge is -2.10. The van der Waals surface area contributed by atoms with Gasteiger partial charge in [0.2, 0.25) is 5.75 Å². The first-order valence-corrected chi connectivity index (χ1v) is 5.32. The second kappa shape index (κ2) is 4.01. The minimum Gasteiger partial charge on any atom is -0.504 e. The summed E-state index contributed by atoms with van der Waals surface area (Å²) in [4.78, 5) is 0. The molecule has 2 rings (SSSR count). The summed E-state index contributed by atoms with van der Waals surface area (Å²) in [5.74, 6) is -1.04. The van der Waals surface area contributed by atoms with Gasteiger partial charge < -0.3 is 15.3 Å². The molecule has 88 valence electrons. The summed E-state index contributed by atoms with van der Waals surface area (Å²) in [5.41, 5.74) is 2.91. The summed E-state index contributed by atoms with van der Waals surface area (Å²) in [5, 5.41) is 28.9. The molecule has 0 fully saturated rings. The number of phenolic OH excluding ortho intramolecular Hbond substituents is 3. The normalized spacial score (nSPS) is 10.5. The van der Waals surface area contributed by atoms with E-state index >= 15 is 0 Å². The van der Waals surface area contributed by atoms with E-state index < -0.39 is 5.75 Å². The fraction of sp³-hybridized carbons (Fsp3) is 0.143. The van der Waals surface area contributed by atoms with Gasteiger partial charge in [0.05, 0.1) is 0 Å². The molecule has 0 aromatic heterocycles. The number of hydrogen-bond acceptors (Lipinski definition) is 3. The number of aryl methyl sites for hydroxylation is 2. The summed E-state index contributed by atoms with van der Waals surface area (Å²) in [6.07, 6.45) is 0. The van der Waals surface area contributed by atoms with Crippen molar-refractivity contribution in [2.45, 2.75) is 13.8 Å². The van der Waals surface area contributed by atoms with Crippen molar-refractivity contribution in [1.82, 2.24) is 0 Å². The molecule has 0 atom stereocenters. The fourth-order valence-electron chi connectivity index (χ4n) is 1.81. The lowest BCUT2D eigenvalue weighted by molar-refractivity contribution is 0.367.